The average Bonchev–Trinajstić information content (AvgIpc) is 3.04. The predicted octanol–water partition coefficient (Wildman–Crippen LogP) is 6.15. The van der Waals surface area contributed by atoms with E-state index in [1.807, 2.05) is 31.2 Å². The number of benzene rings is 2. The molecular formula is C40H54O11Si. The summed E-state index contributed by atoms with van der Waals surface area (Å²) >= 11 is 0. The van der Waals surface area contributed by atoms with Crippen LogP contribution in [0.25, 0.3) is 0 Å². The highest BCUT2D eigenvalue weighted by Gasteiger charge is 2.60. The van der Waals surface area contributed by atoms with Crippen molar-refractivity contribution in [1.29, 1.82) is 0 Å². The number of rotatable bonds is 13. The predicted molar refractivity (Wildman–Crippen MR) is 197 cm³/mol. The summed E-state index contributed by atoms with van der Waals surface area (Å²) in [5.74, 6) is -1.26. The molecule has 0 aliphatic carbocycles. The minimum Gasteiger partial charge on any atom is -0.494 e. The van der Waals surface area contributed by atoms with E-state index in [0.29, 0.717) is 29.7 Å². The van der Waals surface area contributed by atoms with Crippen molar-refractivity contribution in [3.8, 4) is 17.2 Å². The number of carbonyl (C=O) groups excluding carboxylic acids is 4. The maximum atomic E-state index is 12.6. The maximum absolute atomic E-state index is 12.6. The van der Waals surface area contributed by atoms with Crippen molar-refractivity contribution in [3.63, 3.8) is 0 Å². The summed E-state index contributed by atoms with van der Waals surface area (Å²) in [6.45, 7) is 20.0. The topological polar surface area (TPSA) is 144 Å². The zero-order valence-electron chi connectivity index (χ0n) is 32.2. The highest BCUT2D eigenvalue weighted by atomic mass is 28.3. The van der Waals surface area contributed by atoms with Crippen LogP contribution >= 0.6 is 0 Å². The number of aliphatic hydroxyl groups is 1. The van der Waals surface area contributed by atoms with Crippen LogP contribution in [0.2, 0.25) is 16.6 Å². The molecule has 0 saturated carbocycles. The molecule has 3 rings (SSSR count). The molecule has 2 aromatic rings. The largest absolute Gasteiger partial charge is 0.494 e. The Morgan fingerprint density at radius 3 is 1.87 bits per heavy atom. The molecule has 1 saturated heterocycles. The van der Waals surface area contributed by atoms with E-state index in [1.165, 1.54) is 6.92 Å². The van der Waals surface area contributed by atoms with Crippen LogP contribution in [0.15, 0.2) is 42.5 Å². The summed E-state index contributed by atoms with van der Waals surface area (Å²) in [5.41, 5.74) is 7.55. The van der Waals surface area contributed by atoms with Gasteiger partial charge in [-0.1, -0.05) is 65.7 Å². The fourth-order valence-corrected chi connectivity index (χ4v) is 12.5. The lowest BCUT2D eigenvalue weighted by Gasteiger charge is -2.48. The zero-order chi connectivity index (χ0) is 39.0. The molecular weight excluding hydrogens is 685 g/mol. The Morgan fingerprint density at radius 1 is 0.808 bits per heavy atom. The Hall–Kier alpha value is -4.18. The number of ether oxygens (including phenoxy) is 6. The average molecular weight is 739 g/mol. The van der Waals surface area contributed by atoms with Gasteiger partial charge in [0.2, 0.25) is 11.9 Å². The molecule has 0 amide bonds. The summed E-state index contributed by atoms with van der Waals surface area (Å²) in [6.07, 6.45) is -5.60. The van der Waals surface area contributed by atoms with Crippen LogP contribution in [0.5, 0.6) is 5.75 Å². The third-order valence-corrected chi connectivity index (χ3v) is 15.8. The van der Waals surface area contributed by atoms with E-state index in [0.717, 1.165) is 43.2 Å². The van der Waals surface area contributed by atoms with Crippen molar-refractivity contribution >= 4 is 32.0 Å². The van der Waals surface area contributed by atoms with Gasteiger partial charge >= 0.3 is 23.9 Å². The Kier molecular flexibility index (Phi) is 14.6. The molecule has 1 aliphatic heterocycles. The maximum Gasteiger partial charge on any atom is 0.303 e. The van der Waals surface area contributed by atoms with Gasteiger partial charge in [0, 0.05) is 38.8 Å². The zero-order valence-corrected chi connectivity index (χ0v) is 33.2. The van der Waals surface area contributed by atoms with Crippen molar-refractivity contribution in [2.75, 3.05) is 13.2 Å². The number of hydrogen-bond donors (Lipinski definition) is 1. The van der Waals surface area contributed by atoms with Crippen molar-refractivity contribution in [2.45, 2.75) is 129 Å². The fourth-order valence-electron chi connectivity index (χ4n) is 7.30. The summed E-state index contributed by atoms with van der Waals surface area (Å²) in [6, 6.07) is 12.8. The van der Waals surface area contributed by atoms with Crippen LogP contribution in [-0.2, 0) is 55.1 Å². The summed E-state index contributed by atoms with van der Waals surface area (Å²) < 4.78 is 33.8. The van der Waals surface area contributed by atoms with Gasteiger partial charge in [0.1, 0.15) is 26.5 Å². The third-order valence-electron chi connectivity index (χ3n) is 9.48. The molecule has 12 heteroatoms. The number of carbonyl (C=O) groups is 4. The molecule has 1 N–H and O–H groups in total. The van der Waals surface area contributed by atoms with Gasteiger partial charge in [-0.05, 0) is 65.4 Å². The smallest absolute Gasteiger partial charge is 0.303 e. The first-order valence-electron chi connectivity index (χ1n) is 17.8. The lowest BCUT2D eigenvalue weighted by molar-refractivity contribution is -0.360. The molecule has 1 heterocycles. The van der Waals surface area contributed by atoms with E-state index in [4.69, 9.17) is 28.4 Å². The number of hydrogen-bond acceptors (Lipinski definition) is 11. The minimum atomic E-state index is -2.47. The Labute approximate surface area is 308 Å². The van der Waals surface area contributed by atoms with Crippen LogP contribution in [-0.4, -0.2) is 74.7 Å². The summed E-state index contributed by atoms with van der Waals surface area (Å²) in [7, 11) is -2.15. The van der Waals surface area contributed by atoms with Crippen LogP contribution < -0.4 is 4.74 Å². The van der Waals surface area contributed by atoms with E-state index in [2.05, 4.69) is 53.0 Å². The summed E-state index contributed by atoms with van der Waals surface area (Å²) in [5, 5.41) is 12.6. The second-order valence-corrected chi connectivity index (χ2v) is 19.7. The van der Waals surface area contributed by atoms with Gasteiger partial charge in [-0.25, -0.2) is 0 Å². The second kappa shape index (κ2) is 18.0. The van der Waals surface area contributed by atoms with E-state index >= 15 is 0 Å². The normalized spacial score (nSPS) is 21.6. The first-order chi connectivity index (χ1) is 24.3. The van der Waals surface area contributed by atoms with E-state index < -0.39 is 68.8 Å². The Morgan fingerprint density at radius 2 is 1.37 bits per heavy atom. The van der Waals surface area contributed by atoms with Gasteiger partial charge in [-0.15, -0.1) is 5.54 Å². The molecule has 0 spiro atoms. The Balaban J connectivity index is 2.32. The van der Waals surface area contributed by atoms with Crippen LogP contribution in [0, 0.1) is 11.5 Å². The van der Waals surface area contributed by atoms with Gasteiger partial charge < -0.3 is 33.5 Å². The Bertz CT molecular complexity index is 1620. The number of esters is 4. The molecule has 1 aliphatic rings. The van der Waals surface area contributed by atoms with Crippen molar-refractivity contribution in [2.24, 2.45) is 0 Å². The standard InChI is InChI=1S/C40H54O11Si/c1-12-46-35-17-13-31(14-18-35)21-33-22-34(16-15-32(33)19-20-52(24(2)3,25(4)5)26(6)7)40(45)39(50-30(11)44)38(49-29(10)43)37(48-28(9)42)36(51-40)23-47-27(8)41/h13-18,22,24-26,36-39,45H,12,21,23H2,1-11H3/t36-,37-,38+,39-,40?/m1/s1. The lowest BCUT2D eigenvalue weighted by Crippen LogP contribution is -2.66. The van der Waals surface area contributed by atoms with Gasteiger partial charge in [0.05, 0.1) is 6.61 Å². The quantitative estimate of drug-likeness (QED) is 0.109. The molecule has 11 nitrogen and oxygen atoms in total. The molecule has 284 valence electrons. The van der Waals surface area contributed by atoms with Crippen molar-refractivity contribution in [3.05, 3.63) is 64.7 Å². The second-order valence-electron chi connectivity index (χ2n) is 14.1. The monoisotopic (exact) mass is 738 g/mol. The molecule has 0 aromatic heterocycles. The fraction of sp³-hybridized carbons (Fsp3) is 0.550. The van der Waals surface area contributed by atoms with Crippen LogP contribution in [0.1, 0.15) is 98.4 Å². The van der Waals surface area contributed by atoms with Crippen LogP contribution in [0.3, 0.4) is 0 Å². The molecule has 1 unspecified atom stereocenters. The van der Waals surface area contributed by atoms with Crippen molar-refractivity contribution < 1.29 is 52.7 Å². The lowest BCUT2D eigenvalue weighted by atomic mass is 9.85. The molecule has 52 heavy (non-hydrogen) atoms. The van der Waals surface area contributed by atoms with Gasteiger partial charge in [0.15, 0.2) is 12.2 Å². The first-order valence-corrected chi connectivity index (χ1v) is 20.0. The van der Waals surface area contributed by atoms with Gasteiger partial charge in [-0.3, -0.25) is 19.2 Å². The molecule has 5 atom stereocenters. The highest BCUT2D eigenvalue weighted by Crippen LogP contribution is 2.43. The molecule has 2 aromatic carbocycles. The molecule has 0 radical (unpaired) electrons. The third kappa shape index (κ3) is 10.0. The SMILES string of the molecule is CCOc1ccc(Cc2cc(C3(O)O[C@H](COC(C)=O)[C@@H](OC(C)=O)[C@H](OC(C)=O)[C@H]3OC(C)=O)ccc2C#C[Si](C(C)C)(C(C)C)C(C)C)cc1. The first kappa shape index (κ1) is 42.2. The van der Waals surface area contributed by atoms with E-state index in [9.17, 15) is 24.3 Å². The minimum absolute atomic E-state index is 0.150. The molecule has 1 fully saturated rings. The summed E-state index contributed by atoms with van der Waals surface area (Å²) in [4.78, 5) is 49.1. The van der Waals surface area contributed by atoms with Crippen LogP contribution in [0.4, 0.5) is 0 Å². The van der Waals surface area contributed by atoms with E-state index in [-0.39, 0.29) is 5.56 Å². The molecule has 0 bridgehead atoms. The van der Waals surface area contributed by atoms with Crippen molar-refractivity contribution in [1.82, 2.24) is 0 Å². The highest BCUT2D eigenvalue weighted by molar-refractivity contribution is 6.90. The van der Waals surface area contributed by atoms with Gasteiger partial charge in [-0.2, -0.15) is 0 Å². The van der Waals surface area contributed by atoms with E-state index in [1.54, 1.807) is 18.2 Å². The van der Waals surface area contributed by atoms with Gasteiger partial charge in [0.25, 0.3) is 0 Å².